The van der Waals surface area contributed by atoms with Crippen LogP contribution in [-0.4, -0.2) is 125 Å². The van der Waals surface area contributed by atoms with E-state index in [9.17, 15) is 33.6 Å². The van der Waals surface area contributed by atoms with Gasteiger partial charge in [0, 0.05) is 33.1 Å². The summed E-state index contributed by atoms with van der Waals surface area (Å²) < 4.78 is 5.37. The average Bonchev–Trinajstić information content (AvgIpc) is 3.83. The third kappa shape index (κ3) is 14.2. The highest BCUT2D eigenvalue weighted by atomic mass is 16.6. The number of hydrazine groups is 1. The molecule has 0 radical (unpaired) electrons. The van der Waals surface area contributed by atoms with Crippen LogP contribution in [0.15, 0.2) is 72.8 Å². The van der Waals surface area contributed by atoms with E-state index in [4.69, 9.17) is 16.3 Å². The molecule has 2 fully saturated rings. The van der Waals surface area contributed by atoms with E-state index in [1.165, 1.54) is 21.7 Å². The third-order valence-electron chi connectivity index (χ3n) is 13.1. The fraction of sp³-hybridized carbons (Fsp3) is 0.549. The Morgan fingerprint density at radius 3 is 2.15 bits per heavy atom. The third-order valence-corrected chi connectivity index (χ3v) is 13.1. The number of hydrogen-bond donors (Lipinski definition) is 6. The molecule has 17 heteroatoms. The Balaban J connectivity index is 1.37. The lowest BCUT2D eigenvalue weighted by atomic mass is 9.93. The standard InChI is InChI=1S/C51H73N9O8/c1-7-33(2)43(56-44(61)38(52)32-36-23-17-22-35-21-11-12-24-37(35)36)49(66)60-29-16-14-26-40(60)45(62)55-39(25-13-15-28-54-50(67)68-51(3,4)5)47(64)58(6)42(31-34-19-9-8-10-20-34)48(65)59-30-18-27-41(59)46(63)57-53/h8-12,17,19-24,33,38-43H,7,13-16,18,25-32,52-53H2,1-6H3,(H,54,67)(H,55,62)(H,56,61)(H,57,63)/t33?,38-,39+,40-,41+,42-,43+/m1/s1. The zero-order valence-electron chi connectivity index (χ0n) is 40.6. The maximum absolute atomic E-state index is 14.9. The molecule has 2 heterocycles. The van der Waals surface area contributed by atoms with Gasteiger partial charge in [-0.1, -0.05) is 93.1 Å². The molecule has 2 aliphatic heterocycles. The van der Waals surface area contributed by atoms with Crippen LogP contribution in [0.25, 0.3) is 10.8 Å². The Morgan fingerprint density at radius 2 is 1.44 bits per heavy atom. The number of nitrogens with zero attached hydrogens (tertiary/aromatic N) is 3. The summed E-state index contributed by atoms with van der Waals surface area (Å²) in [4.78, 5) is 102. The number of rotatable bonds is 20. The normalized spacial score (nSPS) is 18.4. The summed E-state index contributed by atoms with van der Waals surface area (Å²) in [6.45, 7) is 9.90. The molecular weight excluding hydrogens is 867 g/mol. The maximum Gasteiger partial charge on any atom is 0.407 e. The summed E-state index contributed by atoms with van der Waals surface area (Å²) in [6, 6.07) is 17.1. The summed E-state index contributed by atoms with van der Waals surface area (Å²) in [5, 5.41) is 10.7. The van der Waals surface area contributed by atoms with Crippen LogP contribution in [0.1, 0.15) is 104 Å². The van der Waals surface area contributed by atoms with Crippen LogP contribution >= 0.6 is 0 Å². The van der Waals surface area contributed by atoms with Gasteiger partial charge in [-0.05, 0) is 106 Å². The molecule has 0 spiro atoms. The second-order valence-corrected chi connectivity index (χ2v) is 19.2. The van der Waals surface area contributed by atoms with Gasteiger partial charge in [0.25, 0.3) is 5.91 Å². The van der Waals surface area contributed by atoms with Crippen molar-refractivity contribution in [3.63, 3.8) is 0 Å². The summed E-state index contributed by atoms with van der Waals surface area (Å²) >= 11 is 0. The Kier molecular flexibility index (Phi) is 19.3. The molecule has 17 nitrogen and oxygen atoms in total. The smallest absolute Gasteiger partial charge is 0.407 e. The van der Waals surface area contributed by atoms with Crippen LogP contribution < -0.4 is 33.0 Å². The number of amides is 7. The number of alkyl carbamates (subject to hydrolysis) is 1. The molecular formula is C51H73N9O8. The van der Waals surface area contributed by atoms with Crippen LogP contribution in [0.5, 0.6) is 0 Å². The lowest BCUT2D eigenvalue weighted by Gasteiger charge is -2.39. The van der Waals surface area contributed by atoms with Crippen molar-refractivity contribution >= 4 is 52.3 Å². The average molecular weight is 940 g/mol. The number of nitrogens with two attached hydrogens (primary N) is 2. The van der Waals surface area contributed by atoms with E-state index < -0.39 is 83.4 Å². The fourth-order valence-corrected chi connectivity index (χ4v) is 9.11. The monoisotopic (exact) mass is 940 g/mol. The Bertz CT molecular complexity index is 2210. The second kappa shape index (κ2) is 24.8. The van der Waals surface area contributed by atoms with Crippen molar-refractivity contribution in [3.05, 3.63) is 83.9 Å². The van der Waals surface area contributed by atoms with Crippen LogP contribution in [-0.2, 0) is 46.3 Å². The number of unbranched alkanes of at least 4 members (excludes halogenated alkanes) is 1. The van der Waals surface area contributed by atoms with Gasteiger partial charge in [-0.2, -0.15) is 0 Å². The highest BCUT2D eigenvalue weighted by molar-refractivity contribution is 5.97. The van der Waals surface area contributed by atoms with E-state index in [2.05, 4.69) is 21.4 Å². The lowest BCUT2D eigenvalue weighted by Crippen LogP contribution is -2.62. The van der Waals surface area contributed by atoms with E-state index in [0.717, 1.165) is 21.9 Å². The molecule has 0 saturated carbocycles. The van der Waals surface area contributed by atoms with Crippen molar-refractivity contribution in [3.8, 4) is 0 Å². The first-order chi connectivity index (χ1) is 32.4. The minimum atomic E-state index is -1.14. The van der Waals surface area contributed by atoms with Crippen molar-refractivity contribution in [1.82, 2.24) is 36.1 Å². The first kappa shape index (κ1) is 52.9. The van der Waals surface area contributed by atoms with Gasteiger partial charge in [-0.25, -0.2) is 10.6 Å². The molecule has 8 N–H and O–H groups in total. The van der Waals surface area contributed by atoms with Gasteiger partial charge >= 0.3 is 6.09 Å². The first-order valence-corrected chi connectivity index (χ1v) is 24.2. The number of hydrogen-bond acceptors (Lipinski definition) is 10. The fourth-order valence-electron chi connectivity index (χ4n) is 9.11. The Labute approximate surface area is 400 Å². The van der Waals surface area contributed by atoms with E-state index in [1.807, 2.05) is 86.6 Å². The Morgan fingerprint density at radius 1 is 0.794 bits per heavy atom. The molecule has 0 aromatic heterocycles. The molecule has 2 aliphatic rings. The van der Waals surface area contributed by atoms with E-state index in [-0.39, 0.29) is 38.3 Å². The molecule has 2 saturated heterocycles. The molecule has 0 aliphatic carbocycles. The Hall–Kier alpha value is -6.07. The van der Waals surface area contributed by atoms with Crippen molar-refractivity contribution in [1.29, 1.82) is 0 Å². The minimum Gasteiger partial charge on any atom is -0.444 e. The number of carbonyl (C=O) groups is 7. The largest absolute Gasteiger partial charge is 0.444 e. The van der Waals surface area contributed by atoms with E-state index >= 15 is 0 Å². The number of piperidine rings is 1. The van der Waals surface area contributed by atoms with Crippen molar-refractivity contribution in [2.45, 2.75) is 147 Å². The quantitative estimate of drug-likeness (QED) is 0.0414. The van der Waals surface area contributed by atoms with Gasteiger partial charge in [0.1, 0.15) is 35.8 Å². The molecule has 7 amide bonds. The highest BCUT2D eigenvalue weighted by Crippen LogP contribution is 2.25. The number of benzene rings is 3. The van der Waals surface area contributed by atoms with Crippen molar-refractivity contribution < 1.29 is 38.3 Å². The van der Waals surface area contributed by atoms with Crippen LogP contribution in [0.3, 0.4) is 0 Å². The van der Waals surface area contributed by atoms with Crippen LogP contribution in [0, 0.1) is 5.92 Å². The van der Waals surface area contributed by atoms with Crippen LogP contribution in [0.4, 0.5) is 4.79 Å². The minimum absolute atomic E-state index is 0.134. The zero-order chi connectivity index (χ0) is 49.5. The van der Waals surface area contributed by atoms with E-state index in [1.54, 1.807) is 20.8 Å². The van der Waals surface area contributed by atoms with Gasteiger partial charge in [0.2, 0.25) is 29.5 Å². The molecule has 68 heavy (non-hydrogen) atoms. The second-order valence-electron chi connectivity index (χ2n) is 19.2. The molecule has 0 bridgehead atoms. The topological polar surface area (TPSA) is 239 Å². The SMILES string of the molecule is CCC(C)[C@H](NC(=O)[C@H](N)Cc1cccc2ccccc12)C(=O)N1CCCC[C@@H]1C(=O)N[C@@H](CCCCNC(=O)OC(C)(C)C)C(=O)N(C)[C@H](Cc1ccccc1)C(=O)N1CCC[C@H]1C(=O)NN. The number of likely N-dealkylation sites (tertiary alicyclic amines) is 2. The number of fused-ring (bicyclic) bond motifs is 1. The lowest BCUT2D eigenvalue weighted by molar-refractivity contribution is -0.150. The predicted molar refractivity (Wildman–Crippen MR) is 260 cm³/mol. The number of nitrogens with one attached hydrogen (secondary N) is 4. The molecule has 3 aromatic rings. The number of ether oxygens (including phenoxy) is 1. The van der Waals surface area contributed by atoms with E-state index in [0.29, 0.717) is 57.9 Å². The molecule has 5 rings (SSSR count). The van der Waals surface area contributed by atoms with Crippen molar-refractivity contribution in [2.24, 2.45) is 17.5 Å². The molecule has 7 atom stereocenters. The molecule has 1 unspecified atom stereocenters. The summed E-state index contributed by atoms with van der Waals surface area (Å²) in [5.41, 5.74) is 9.69. The highest BCUT2D eigenvalue weighted by Gasteiger charge is 2.43. The predicted octanol–water partition coefficient (Wildman–Crippen LogP) is 3.85. The van der Waals surface area contributed by atoms with Gasteiger partial charge in [-0.15, -0.1) is 0 Å². The number of likely N-dealkylation sites (N-methyl/N-ethyl adjacent to an activating group) is 1. The maximum atomic E-state index is 14.9. The van der Waals surface area contributed by atoms with Crippen LogP contribution in [0.2, 0.25) is 0 Å². The van der Waals surface area contributed by atoms with Gasteiger partial charge < -0.3 is 41.1 Å². The summed E-state index contributed by atoms with van der Waals surface area (Å²) in [7, 11) is 1.52. The summed E-state index contributed by atoms with van der Waals surface area (Å²) in [5.74, 6) is 2.31. The van der Waals surface area contributed by atoms with Gasteiger partial charge in [-0.3, -0.25) is 34.2 Å². The number of carbonyl (C=O) groups excluding carboxylic acids is 7. The van der Waals surface area contributed by atoms with Gasteiger partial charge in [0.15, 0.2) is 0 Å². The zero-order valence-corrected chi connectivity index (χ0v) is 40.6. The van der Waals surface area contributed by atoms with Gasteiger partial charge in [0.05, 0.1) is 6.04 Å². The first-order valence-electron chi connectivity index (χ1n) is 24.2. The van der Waals surface area contributed by atoms with Crippen molar-refractivity contribution in [2.75, 3.05) is 26.7 Å². The summed E-state index contributed by atoms with van der Waals surface area (Å²) in [6.07, 6.45) is 3.92. The molecule has 3 aromatic carbocycles. The molecule has 370 valence electrons.